The minimum Gasteiger partial charge on any atom is -0.489 e. The van der Waals surface area contributed by atoms with Crippen LogP contribution in [0.3, 0.4) is 0 Å². The van der Waals surface area contributed by atoms with Gasteiger partial charge in [-0.2, -0.15) is 0 Å². The lowest BCUT2D eigenvalue weighted by Gasteiger charge is -2.23. The predicted molar refractivity (Wildman–Crippen MR) is 174 cm³/mol. The van der Waals surface area contributed by atoms with Crippen molar-refractivity contribution in [1.82, 2.24) is 4.90 Å². The average Bonchev–Trinajstić information content (AvgIpc) is 3.31. The van der Waals surface area contributed by atoms with Crippen LogP contribution in [0.25, 0.3) is 12.2 Å². The SMILES string of the molecule is O=C(/C=C/c1ccc(/C=C2\SC(=S)N([C@@H](Cc3ccccc3)C(=O)O)C2=O)cc1)c1ccc(OCc2ccc(F)cc2)cc1. The van der Waals surface area contributed by atoms with Crippen LogP contribution in [0.1, 0.15) is 32.6 Å². The molecule has 1 saturated heterocycles. The van der Waals surface area contributed by atoms with Crippen molar-refractivity contribution in [3.8, 4) is 5.75 Å². The van der Waals surface area contributed by atoms with Crippen LogP contribution in [0.5, 0.6) is 5.75 Å². The van der Waals surface area contributed by atoms with E-state index in [1.807, 2.05) is 54.6 Å². The van der Waals surface area contributed by atoms with Crippen LogP contribution in [0.4, 0.5) is 4.39 Å². The van der Waals surface area contributed by atoms with Crippen molar-refractivity contribution in [2.24, 2.45) is 0 Å². The maximum atomic E-state index is 13.2. The van der Waals surface area contributed by atoms with Crippen molar-refractivity contribution < 1.29 is 28.6 Å². The first-order valence-electron chi connectivity index (χ1n) is 13.6. The number of allylic oxidation sites excluding steroid dienone is 1. The minimum absolute atomic E-state index is 0.144. The molecule has 1 aliphatic heterocycles. The Balaban J connectivity index is 1.19. The first-order chi connectivity index (χ1) is 21.3. The molecule has 44 heavy (non-hydrogen) atoms. The molecule has 1 amide bonds. The highest BCUT2D eigenvalue weighted by Gasteiger charge is 2.40. The third-order valence-electron chi connectivity index (χ3n) is 6.81. The number of thioether (sulfide) groups is 1. The zero-order valence-corrected chi connectivity index (χ0v) is 24.9. The van der Waals surface area contributed by atoms with Crippen LogP contribution in [0.2, 0.25) is 0 Å². The molecule has 9 heteroatoms. The number of thiocarbonyl (C=S) groups is 1. The molecular weight excluding hydrogens is 598 g/mol. The van der Waals surface area contributed by atoms with Gasteiger partial charge in [-0.3, -0.25) is 14.5 Å². The van der Waals surface area contributed by atoms with Gasteiger partial charge in [0.1, 0.15) is 28.5 Å². The Morgan fingerprint density at radius 2 is 1.55 bits per heavy atom. The molecule has 1 fully saturated rings. The Hall–Kier alpha value is -4.86. The number of rotatable bonds is 11. The Kier molecular flexibility index (Phi) is 9.79. The highest BCUT2D eigenvalue weighted by molar-refractivity contribution is 8.26. The molecule has 0 aromatic heterocycles. The summed E-state index contributed by atoms with van der Waals surface area (Å²) in [6.07, 6.45) is 5.00. The largest absolute Gasteiger partial charge is 0.489 e. The minimum atomic E-state index is -1.12. The van der Waals surface area contributed by atoms with E-state index in [0.29, 0.717) is 16.2 Å². The number of nitrogens with zero attached hydrogens (tertiary/aromatic N) is 1. The fourth-order valence-electron chi connectivity index (χ4n) is 4.46. The average molecular weight is 624 g/mol. The predicted octanol–water partition coefficient (Wildman–Crippen LogP) is 7.20. The van der Waals surface area contributed by atoms with E-state index in [4.69, 9.17) is 17.0 Å². The van der Waals surface area contributed by atoms with Crippen LogP contribution in [0, 0.1) is 5.82 Å². The van der Waals surface area contributed by atoms with Gasteiger partial charge in [0.2, 0.25) is 0 Å². The third-order valence-corrected chi connectivity index (χ3v) is 8.14. The van der Waals surface area contributed by atoms with Crippen molar-refractivity contribution in [2.75, 3.05) is 0 Å². The van der Waals surface area contributed by atoms with Crippen LogP contribution in [0.15, 0.2) is 114 Å². The fraction of sp³-hybridized carbons (Fsp3) is 0.0857. The summed E-state index contributed by atoms with van der Waals surface area (Å²) >= 11 is 6.47. The molecule has 0 unspecified atom stereocenters. The highest BCUT2D eigenvalue weighted by atomic mass is 32.2. The monoisotopic (exact) mass is 623 g/mol. The quantitative estimate of drug-likeness (QED) is 0.108. The van der Waals surface area contributed by atoms with Crippen LogP contribution >= 0.6 is 24.0 Å². The molecular formula is C35H26FNO5S2. The van der Waals surface area contributed by atoms with E-state index in [1.165, 1.54) is 23.1 Å². The molecule has 4 aromatic rings. The molecule has 1 aliphatic rings. The second kappa shape index (κ2) is 14.1. The number of halogens is 1. The van der Waals surface area contributed by atoms with E-state index >= 15 is 0 Å². The number of carbonyl (C=O) groups excluding carboxylic acids is 2. The van der Waals surface area contributed by atoms with Gasteiger partial charge in [-0.15, -0.1) is 0 Å². The van der Waals surface area contributed by atoms with Gasteiger partial charge in [-0.05, 0) is 70.8 Å². The summed E-state index contributed by atoms with van der Waals surface area (Å²) in [6, 6.07) is 28.1. The number of ether oxygens (including phenoxy) is 1. The number of carboxylic acid groups (broad SMARTS) is 1. The van der Waals surface area contributed by atoms with E-state index in [9.17, 15) is 23.9 Å². The number of amides is 1. The second-order valence-corrected chi connectivity index (χ2v) is 11.6. The molecule has 1 N–H and O–H groups in total. The standard InChI is InChI=1S/C35H26FNO5S2/c36-28-15-10-26(11-16-28)22-42-29-17-13-27(14-18-29)31(38)19-12-23-6-8-25(9-7-23)21-32-33(39)37(35(43)44-32)30(34(40)41)20-24-4-2-1-3-5-24/h1-19,21,30H,20,22H2,(H,40,41)/b19-12+,32-21-/t30-/m0/s1. The van der Waals surface area contributed by atoms with Crippen molar-refractivity contribution in [2.45, 2.75) is 19.1 Å². The number of carbonyl (C=O) groups is 3. The second-order valence-electron chi connectivity index (χ2n) is 9.90. The molecule has 1 heterocycles. The number of carboxylic acids is 1. The smallest absolute Gasteiger partial charge is 0.327 e. The zero-order valence-electron chi connectivity index (χ0n) is 23.3. The van der Waals surface area contributed by atoms with Crippen molar-refractivity contribution >= 4 is 58.1 Å². The van der Waals surface area contributed by atoms with Gasteiger partial charge >= 0.3 is 5.97 Å². The molecule has 6 nitrogen and oxygen atoms in total. The Labute approximate surface area is 263 Å². The highest BCUT2D eigenvalue weighted by Crippen LogP contribution is 2.35. The molecule has 0 radical (unpaired) electrons. The summed E-state index contributed by atoms with van der Waals surface area (Å²) in [4.78, 5) is 39.4. The lowest BCUT2D eigenvalue weighted by atomic mass is 10.0. The van der Waals surface area contributed by atoms with Crippen LogP contribution in [-0.2, 0) is 22.6 Å². The number of hydrogen-bond donors (Lipinski definition) is 1. The van der Waals surface area contributed by atoms with Crippen LogP contribution < -0.4 is 4.74 Å². The van der Waals surface area contributed by atoms with Gasteiger partial charge < -0.3 is 9.84 Å². The molecule has 4 aromatic carbocycles. The van der Waals surface area contributed by atoms with Gasteiger partial charge in [0, 0.05) is 12.0 Å². The Morgan fingerprint density at radius 3 is 2.20 bits per heavy atom. The maximum Gasteiger partial charge on any atom is 0.327 e. The van der Waals surface area contributed by atoms with E-state index in [0.717, 1.165) is 34.0 Å². The summed E-state index contributed by atoms with van der Waals surface area (Å²) < 4.78 is 19.0. The maximum absolute atomic E-state index is 13.2. The molecule has 220 valence electrons. The summed E-state index contributed by atoms with van der Waals surface area (Å²) in [5.74, 6) is -1.45. The first-order valence-corrected chi connectivity index (χ1v) is 14.8. The molecule has 5 rings (SSSR count). The van der Waals surface area contributed by atoms with E-state index in [2.05, 4.69) is 0 Å². The normalized spacial score (nSPS) is 14.8. The molecule has 0 bridgehead atoms. The molecule has 0 saturated carbocycles. The lowest BCUT2D eigenvalue weighted by molar-refractivity contribution is -0.145. The number of ketones is 1. The van der Waals surface area contributed by atoms with Gasteiger partial charge in [-0.1, -0.05) is 96.8 Å². The number of hydrogen-bond acceptors (Lipinski definition) is 6. The van der Waals surface area contributed by atoms with Gasteiger partial charge in [-0.25, -0.2) is 9.18 Å². The van der Waals surface area contributed by atoms with Crippen molar-refractivity contribution in [3.63, 3.8) is 0 Å². The third kappa shape index (κ3) is 7.75. The zero-order chi connectivity index (χ0) is 31.1. The first kappa shape index (κ1) is 30.6. The summed E-state index contributed by atoms with van der Waals surface area (Å²) in [6.45, 7) is 0.287. The lowest BCUT2D eigenvalue weighted by Crippen LogP contribution is -2.45. The van der Waals surface area contributed by atoms with Crippen molar-refractivity contribution in [3.05, 3.63) is 148 Å². The fourth-order valence-corrected chi connectivity index (χ4v) is 5.82. The number of benzene rings is 4. The Bertz CT molecular complexity index is 1740. The van der Waals surface area contributed by atoms with Crippen LogP contribution in [-0.4, -0.2) is 38.0 Å². The topological polar surface area (TPSA) is 83.9 Å². The summed E-state index contributed by atoms with van der Waals surface area (Å²) in [5.41, 5.74) is 3.66. The summed E-state index contributed by atoms with van der Waals surface area (Å²) in [5, 5.41) is 9.85. The van der Waals surface area contributed by atoms with E-state index in [-0.39, 0.29) is 28.9 Å². The molecule has 0 aliphatic carbocycles. The van der Waals surface area contributed by atoms with Gasteiger partial charge in [0.25, 0.3) is 5.91 Å². The van der Waals surface area contributed by atoms with Crippen molar-refractivity contribution in [1.29, 1.82) is 0 Å². The molecule has 1 atom stereocenters. The molecule has 0 spiro atoms. The summed E-state index contributed by atoms with van der Waals surface area (Å²) in [7, 11) is 0. The van der Waals surface area contributed by atoms with Gasteiger partial charge in [0.15, 0.2) is 5.78 Å². The van der Waals surface area contributed by atoms with E-state index in [1.54, 1.807) is 48.6 Å². The Morgan fingerprint density at radius 1 is 0.886 bits per heavy atom. The number of aliphatic carboxylic acids is 1. The van der Waals surface area contributed by atoms with Gasteiger partial charge in [0.05, 0.1) is 4.91 Å². The van der Waals surface area contributed by atoms with E-state index < -0.39 is 17.9 Å².